The summed E-state index contributed by atoms with van der Waals surface area (Å²) < 4.78 is 0. The van der Waals surface area contributed by atoms with Gasteiger partial charge in [-0.25, -0.2) is 0 Å². The summed E-state index contributed by atoms with van der Waals surface area (Å²) in [6.45, 7) is 8.06. The third-order valence-electron chi connectivity index (χ3n) is 13.7. The van der Waals surface area contributed by atoms with Crippen molar-refractivity contribution in [2.24, 2.45) is 17.8 Å². The zero-order valence-electron chi connectivity index (χ0n) is 43.9. The van der Waals surface area contributed by atoms with Crippen LogP contribution in [0.4, 0.5) is 0 Å². The number of carboxylic acid groups (broad SMARTS) is 3. The normalized spacial score (nSPS) is 13.1. The first kappa shape index (κ1) is 65.2. The molecule has 0 aliphatic rings. The Morgan fingerprint density at radius 2 is 0.815 bits per heavy atom. The molecule has 0 heterocycles. The van der Waals surface area contributed by atoms with Crippen molar-refractivity contribution in [3.63, 3.8) is 0 Å². The van der Waals surface area contributed by atoms with Crippen molar-refractivity contribution in [3.05, 3.63) is 11.6 Å². The number of aliphatic hydroxyl groups excluding tert-OH is 1. The molecule has 0 radical (unpaired) electrons. The zero-order chi connectivity index (χ0) is 48.4. The van der Waals surface area contributed by atoms with Crippen LogP contribution in [0.5, 0.6) is 0 Å². The van der Waals surface area contributed by atoms with Crippen LogP contribution in [-0.2, 0) is 14.4 Å². The molecular weight excluding hydrogens is 811 g/mol. The molecule has 8 nitrogen and oxygen atoms in total. The molecule has 0 saturated carbocycles. The van der Waals surface area contributed by atoms with E-state index >= 15 is 0 Å². The zero-order valence-corrected chi connectivity index (χ0v) is 43.9. The summed E-state index contributed by atoms with van der Waals surface area (Å²) in [6, 6.07) is 0. The Labute approximate surface area is 403 Å². The summed E-state index contributed by atoms with van der Waals surface area (Å²) in [5.74, 6) is -0.210. The molecule has 0 aromatic carbocycles. The number of rotatable bonds is 50. The molecule has 65 heavy (non-hydrogen) atoms. The smallest absolute Gasteiger partial charge is 0.303 e. The molecular formula is C57H111NO7. The molecule has 0 spiro atoms. The van der Waals surface area contributed by atoms with E-state index in [1.807, 2.05) is 14.1 Å². The Kier molecular flexibility index (Phi) is 51.6. The highest BCUT2D eigenvalue weighted by Gasteiger charge is 2.31. The summed E-state index contributed by atoms with van der Waals surface area (Å²) in [6.07, 6.45) is 50.9. The quantitative estimate of drug-likeness (QED) is 0.0352. The predicted octanol–water partition coefficient (Wildman–Crippen LogP) is 14.2. The van der Waals surface area contributed by atoms with Gasteiger partial charge < -0.3 is 30.1 Å². The molecule has 0 amide bonds. The molecule has 0 aliphatic carbocycles. The summed E-state index contributed by atoms with van der Waals surface area (Å²) in [4.78, 5) is 34.4. The van der Waals surface area contributed by atoms with Gasteiger partial charge >= 0.3 is 11.9 Å². The second kappa shape index (κ2) is 51.5. The maximum Gasteiger partial charge on any atom is 0.303 e. The molecule has 0 saturated heterocycles. The van der Waals surface area contributed by atoms with Crippen molar-refractivity contribution in [3.8, 4) is 0 Å². The molecule has 0 bridgehead atoms. The van der Waals surface area contributed by atoms with Gasteiger partial charge in [-0.2, -0.15) is 0 Å². The third kappa shape index (κ3) is 48.3. The van der Waals surface area contributed by atoms with Gasteiger partial charge in [0.2, 0.25) is 0 Å². The summed E-state index contributed by atoms with van der Waals surface area (Å²) in [7, 11) is 4.02. The van der Waals surface area contributed by atoms with Gasteiger partial charge in [0.1, 0.15) is 6.54 Å². The minimum Gasteiger partial charge on any atom is -0.550 e. The first-order valence-corrected chi connectivity index (χ1v) is 28.3. The Morgan fingerprint density at radius 3 is 1.20 bits per heavy atom. The number of carbonyl (C=O) groups excluding carboxylic acids is 1. The highest BCUT2D eigenvalue weighted by Crippen LogP contribution is 2.42. The molecule has 0 fully saturated rings. The van der Waals surface area contributed by atoms with E-state index < -0.39 is 17.9 Å². The Morgan fingerprint density at radius 1 is 0.462 bits per heavy atom. The Hall–Kier alpha value is -1.93. The molecule has 0 aliphatic heterocycles. The summed E-state index contributed by atoms with van der Waals surface area (Å²) >= 11 is 0. The summed E-state index contributed by atoms with van der Waals surface area (Å²) in [5, 5.41) is 37.4. The maximum atomic E-state index is 11.2. The topological polar surface area (TPSA) is 139 Å². The van der Waals surface area contributed by atoms with E-state index in [0.717, 1.165) is 76.7 Å². The number of quaternary nitrogens is 1. The van der Waals surface area contributed by atoms with Crippen LogP contribution < -0.4 is 10.0 Å². The van der Waals surface area contributed by atoms with E-state index in [0.29, 0.717) is 18.4 Å². The van der Waals surface area contributed by atoms with Gasteiger partial charge in [-0.3, -0.25) is 9.59 Å². The molecule has 4 N–H and O–H groups in total. The number of aliphatic carboxylic acids is 3. The number of hydrogen-bond donors (Lipinski definition) is 4. The van der Waals surface area contributed by atoms with Crippen molar-refractivity contribution in [1.29, 1.82) is 0 Å². The fourth-order valence-corrected chi connectivity index (χ4v) is 9.75. The lowest BCUT2D eigenvalue weighted by Gasteiger charge is -2.37. The van der Waals surface area contributed by atoms with Crippen LogP contribution in [-0.4, -0.2) is 60.5 Å². The van der Waals surface area contributed by atoms with Crippen molar-refractivity contribution in [1.82, 2.24) is 0 Å². The molecule has 8 heteroatoms. The first-order valence-electron chi connectivity index (χ1n) is 28.3. The van der Waals surface area contributed by atoms with Gasteiger partial charge in [-0.05, 0) is 82.0 Å². The lowest BCUT2D eigenvalue weighted by Crippen LogP contribution is -3.06. The van der Waals surface area contributed by atoms with E-state index in [1.54, 1.807) is 5.57 Å². The van der Waals surface area contributed by atoms with E-state index in [-0.39, 0.29) is 19.3 Å². The lowest BCUT2D eigenvalue weighted by atomic mass is 9.68. The van der Waals surface area contributed by atoms with Crippen molar-refractivity contribution >= 4 is 17.9 Å². The highest BCUT2D eigenvalue weighted by molar-refractivity contribution is 5.66. The number of aliphatic hydroxyl groups is 1. The van der Waals surface area contributed by atoms with Crippen LogP contribution in [0.1, 0.15) is 290 Å². The third-order valence-corrected chi connectivity index (χ3v) is 13.7. The SMILES string of the molecule is CCCCCCCC/C(=C/CCCCCCCC(=O)O)C(CCCCCCC)C(CCCCCCCC(=O)O)C(CCCCCCCC)CCCCCCCCC(=O)[O-].C[NH+](C)CCO. The van der Waals surface area contributed by atoms with Crippen LogP contribution in [0, 0.1) is 17.8 Å². The van der Waals surface area contributed by atoms with E-state index in [4.69, 9.17) is 10.2 Å². The van der Waals surface area contributed by atoms with E-state index in [2.05, 4.69) is 26.8 Å². The van der Waals surface area contributed by atoms with Crippen LogP contribution in [0.3, 0.4) is 0 Å². The minimum absolute atomic E-state index is 0.183. The second-order valence-electron chi connectivity index (χ2n) is 20.2. The largest absolute Gasteiger partial charge is 0.550 e. The number of carboxylic acids is 3. The number of likely N-dealkylation sites (N-methyl/N-ethyl adjacent to an activating group) is 1. The van der Waals surface area contributed by atoms with Crippen molar-refractivity contribution < 1.29 is 39.7 Å². The average Bonchev–Trinajstić information content (AvgIpc) is 3.26. The molecule has 3 unspecified atom stereocenters. The number of carbonyl (C=O) groups is 3. The number of unbranched alkanes of at least 4 members (excludes halogenated alkanes) is 28. The number of allylic oxidation sites excluding steroid dienone is 2. The Balaban J connectivity index is 0. The predicted molar refractivity (Wildman–Crippen MR) is 275 cm³/mol. The average molecular weight is 923 g/mol. The van der Waals surface area contributed by atoms with Gasteiger partial charge in [0.15, 0.2) is 0 Å². The number of hydrogen-bond acceptors (Lipinski definition) is 5. The van der Waals surface area contributed by atoms with Gasteiger partial charge in [0, 0.05) is 18.8 Å². The van der Waals surface area contributed by atoms with Gasteiger partial charge in [-0.1, -0.05) is 225 Å². The lowest BCUT2D eigenvalue weighted by molar-refractivity contribution is -0.858. The second-order valence-corrected chi connectivity index (χ2v) is 20.2. The van der Waals surface area contributed by atoms with Crippen LogP contribution >= 0.6 is 0 Å². The monoisotopic (exact) mass is 922 g/mol. The molecule has 386 valence electrons. The minimum atomic E-state index is -0.924. The van der Waals surface area contributed by atoms with Crippen molar-refractivity contribution in [2.75, 3.05) is 27.2 Å². The Bertz CT molecular complexity index is 1060. The molecule has 3 atom stereocenters. The van der Waals surface area contributed by atoms with Crippen LogP contribution in [0.2, 0.25) is 0 Å². The van der Waals surface area contributed by atoms with Gasteiger partial charge in [-0.15, -0.1) is 0 Å². The maximum absolute atomic E-state index is 11.2. The standard InChI is InChI=1S/C53H100O6.C4H11NO/c1-4-7-10-13-21-29-38-47(40-31-23-15-17-26-35-44-51(54)55)49(42-33-20-12-9-6-3)50(43-34-25-19-28-37-46-53(58)59)48(39-30-22-14-11-8-5-2)41-32-24-16-18-27-36-45-52(56)57;1-5(2)3-4-6/h40,48-50H,4-39,41-46H2,1-3H3,(H,54,55)(H,56,57)(H,58,59);6H,3-4H2,1-2H3/b47-40-;. The fourth-order valence-electron chi connectivity index (χ4n) is 9.75. The highest BCUT2D eigenvalue weighted by atomic mass is 16.4. The van der Waals surface area contributed by atoms with E-state index in [1.165, 1.54) is 191 Å². The van der Waals surface area contributed by atoms with Crippen molar-refractivity contribution in [2.45, 2.75) is 290 Å². The molecule has 0 aromatic heterocycles. The van der Waals surface area contributed by atoms with Gasteiger partial charge in [0.25, 0.3) is 0 Å². The van der Waals surface area contributed by atoms with Crippen LogP contribution in [0.25, 0.3) is 0 Å². The first-order chi connectivity index (χ1) is 31.5. The fraction of sp³-hybridized carbons (Fsp3) is 0.912. The number of nitrogens with one attached hydrogen (secondary N) is 1. The van der Waals surface area contributed by atoms with Gasteiger partial charge in [0.05, 0.1) is 20.7 Å². The van der Waals surface area contributed by atoms with Crippen LogP contribution in [0.15, 0.2) is 11.6 Å². The molecule has 0 aromatic rings. The van der Waals surface area contributed by atoms with E-state index in [9.17, 15) is 24.6 Å². The summed E-state index contributed by atoms with van der Waals surface area (Å²) in [5.41, 5.74) is 1.77. The molecule has 0 rings (SSSR count).